The summed E-state index contributed by atoms with van der Waals surface area (Å²) < 4.78 is 6.08. The van der Waals surface area contributed by atoms with Crippen molar-refractivity contribution in [3.63, 3.8) is 0 Å². The molecule has 2 bridgehead atoms. The molecule has 0 radical (unpaired) electrons. The van der Waals surface area contributed by atoms with E-state index in [1.54, 1.807) is 24.5 Å². The van der Waals surface area contributed by atoms with Crippen LogP contribution in [0.5, 0.6) is 0 Å². The molecular formula is C30H40N10O2. The minimum atomic E-state index is -0.319. The van der Waals surface area contributed by atoms with E-state index in [1.807, 2.05) is 24.3 Å². The van der Waals surface area contributed by atoms with Crippen LogP contribution in [-0.2, 0) is 4.74 Å². The first-order valence-electron chi connectivity index (χ1n) is 14.9. The van der Waals surface area contributed by atoms with E-state index >= 15 is 0 Å². The van der Waals surface area contributed by atoms with E-state index in [2.05, 4.69) is 49.7 Å². The molecule has 3 N–H and O–H groups in total. The number of fused-ring (bicyclic) bond motifs is 2. The molecule has 2 amide bonds. The van der Waals surface area contributed by atoms with Crippen LogP contribution in [-0.4, -0.2) is 102 Å². The van der Waals surface area contributed by atoms with Gasteiger partial charge in [-0.25, -0.2) is 4.79 Å². The summed E-state index contributed by atoms with van der Waals surface area (Å²) in [6.07, 6.45) is 8.01. The molecule has 1 aromatic carbocycles. The smallest absolute Gasteiger partial charge is 0.323 e. The molecular weight excluding hydrogens is 532 g/mol. The van der Waals surface area contributed by atoms with Crippen LogP contribution in [0.25, 0.3) is 11.4 Å². The Morgan fingerprint density at radius 2 is 1.48 bits per heavy atom. The summed E-state index contributed by atoms with van der Waals surface area (Å²) in [6.45, 7) is 5.41. The molecule has 2 atom stereocenters. The lowest BCUT2D eigenvalue weighted by atomic mass is 10.1. The number of nitrogens with zero attached hydrogens (tertiary/aromatic N) is 7. The fraction of sp³-hybridized carbons (Fsp3) is 0.500. The van der Waals surface area contributed by atoms with Gasteiger partial charge in [-0.05, 0) is 76.2 Å². The summed E-state index contributed by atoms with van der Waals surface area (Å²) in [6, 6.07) is 11.3. The van der Waals surface area contributed by atoms with Gasteiger partial charge in [0.1, 0.15) is 0 Å². The lowest BCUT2D eigenvalue weighted by Crippen LogP contribution is -2.45. The molecule has 12 nitrogen and oxygen atoms in total. The van der Waals surface area contributed by atoms with E-state index in [0.29, 0.717) is 29.2 Å². The van der Waals surface area contributed by atoms with Gasteiger partial charge in [0, 0.05) is 74.6 Å². The predicted molar refractivity (Wildman–Crippen MR) is 164 cm³/mol. The van der Waals surface area contributed by atoms with Gasteiger partial charge in [0.2, 0.25) is 11.9 Å². The molecule has 222 valence electrons. The molecule has 3 aliphatic rings. The molecule has 0 saturated carbocycles. The van der Waals surface area contributed by atoms with Gasteiger partial charge in [-0.15, -0.1) is 0 Å². The molecule has 3 fully saturated rings. The number of hydrogen-bond donors (Lipinski definition) is 3. The fourth-order valence-electron chi connectivity index (χ4n) is 5.75. The summed E-state index contributed by atoms with van der Waals surface area (Å²) in [5.41, 5.74) is 2.22. The number of rotatable bonds is 9. The van der Waals surface area contributed by atoms with Crippen molar-refractivity contribution in [2.75, 3.05) is 73.8 Å². The number of anilines is 4. The number of hydrogen-bond acceptors (Lipinski definition) is 10. The maximum absolute atomic E-state index is 12.4. The Bertz CT molecular complexity index is 1320. The van der Waals surface area contributed by atoms with Crippen molar-refractivity contribution < 1.29 is 9.53 Å². The molecule has 3 aliphatic heterocycles. The number of urea groups is 1. The number of carbonyl (C=O) groups is 1. The highest BCUT2D eigenvalue weighted by molar-refractivity contribution is 5.99. The number of morpholine rings is 1. The van der Waals surface area contributed by atoms with Gasteiger partial charge in [-0.2, -0.15) is 15.0 Å². The first-order chi connectivity index (χ1) is 20.5. The lowest BCUT2D eigenvalue weighted by molar-refractivity contribution is 0.0299. The zero-order chi connectivity index (χ0) is 28.9. The van der Waals surface area contributed by atoms with Crippen LogP contribution >= 0.6 is 0 Å². The molecule has 0 spiro atoms. The average Bonchev–Trinajstić information content (AvgIpc) is 3.34. The second kappa shape index (κ2) is 13.0. The van der Waals surface area contributed by atoms with Gasteiger partial charge in [0.25, 0.3) is 0 Å². The van der Waals surface area contributed by atoms with E-state index in [-0.39, 0.29) is 18.2 Å². The largest absolute Gasteiger partial charge is 0.371 e. The minimum absolute atomic E-state index is 0.236. The van der Waals surface area contributed by atoms with E-state index in [1.165, 1.54) is 0 Å². The topological polar surface area (TPSA) is 124 Å². The van der Waals surface area contributed by atoms with Crippen LogP contribution in [0.4, 0.5) is 28.1 Å². The van der Waals surface area contributed by atoms with Crippen LogP contribution in [0.1, 0.15) is 25.7 Å². The number of ether oxygens (including phenoxy) is 1. The van der Waals surface area contributed by atoms with Gasteiger partial charge in [-0.1, -0.05) is 0 Å². The summed E-state index contributed by atoms with van der Waals surface area (Å²) in [5.74, 6) is 2.06. The van der Waals surface area contributed by atoms with Crippen LogP contribution in [0.3, 0.4) is 0 Å². The molecule has 6 rings (SSSR count). The molecule has 42 heavy (non-hydrogen) atoms. The number of pyridine rings is 1. The molecule has 0 aliphatic carbocycles. The minimum Gasteiger partial charge on any atom is -0.371 e. The highest BCUT2D eigenvalue weighted by atomic mass is 16.5. The maximum atomic E-state index is 12.4. The molecule has 3 aromatic rings. The summed E-state index contributed by atoms with van der Waals surface area (Å²) in [7, 11) is 4.20. The lowest BCUT2D eigenvalue weighted by Gasteiger charge is -2.35. The van der Waals surface area contributed by atoms with Crippen molar-refractivity contribution in [1.82, 2.24) is 30.2 Å². The Balaban J connectivity index is 1.18. The van der Waals surface area contributed by atoms with Crippen molar-refractivity contribution >= 4 is 29.3 Å². The third-order valence-electron chi connectivity index (χ3n) is 8.05. The second-order valence-electron chi connectivity index (χ2n) is 11.5. The number of amides is 2. The number of piperidine rings is 1. The zero-order valence-corrected chi connectivity index (χ0v) is 24.4. The third kappa shape index (κ3) is 7.12. The zero-order valence-electron chi connectivity index (χ0n) is 24.4. The molecule has 5 heterocycles. The van der Waals surface area contributed by atoms with Crippen molar-refractivity contribution in [3.8, 4) is 11.4 Å². The quantitative estimate of drug-likeness (QED) is 0.353. The first-order valence-corrected chi connectivity index (χ1v) is 14.9. The Hall–Kier alpha value is -3.87. The second-order valence-corrected chi connectivity index (χ2v) is 11.5. The number of benzene rings is 1. The molecule has 12 heteroatoms. The van der Waals surface area contributed by atoms with Crippen molar-refractivity contribution in [1.29, 1.82) is 0 Å². The fourth-order valence-corrected chi connectivity index (χ4v) is 5.75. The van der Waals surface area contributed by atoms with Gasteiger partial charge < -0.3 is 35.4 Å². The first kappa shape index (κ1) is 28.3. The van der Waals surface area contributed by atoms with E-state index < -0.39 is 0 Å². The highest BCUT2D eigenvalue weighted by Gasteiger charge is 2.35. The predicted octanol–water partition coefficient (Wildman–Crippen LogP) is 3.07. The van der Waals surface area contributed by atoms with Gasteiger partial charge in [0.15, 0.2) is 5.82 Å². The third-order valence-corrected chi connectivity index (χ3v) is 8.05. The van der Waals surface area contributed by atoms with Crippen LogP contribution < -0.4 is 25.8 Å². The SMILES string of the molecule is CN(C)CCNC1CCN(c2nc(-c3ccc(NC(=O)Nc4ccncc4)cc3)nc(N3CC4CCC(C3)O4)n2)CC1. The standard InChI is InChI=1S/C30H40N10O2/c1-38(2)18-15-32-22-11-16-39(17-12-22)28-35-27(36-29(37-28)40-19-25-7-8-26(20-40)42-25)21-3-5-23(6-4-21)33-30(41)34-24-9-13-31-14-10-24/h3-6,9-10,13-14,22,25-26,32H,7-8,11-12,15-20H2,1-2H3,(H2,31,33,34,41). The van der Waals surface area contributed by atoms with Crippen molar-refractivity contribution in [2.24, 2.45) is 0 Å². The van der Waals surface area contributed by atoms with E-state index in [4.69, 9.17) is 19.7 Å². The van der Waals surface area contributed by atoms with Gasteiger partial charge in [0.05, 0.1) is 12.2 Å². The summed E-state index contributed by atoms with van der Waals surface area (Å²) in [4.78, 5) is 38.0. The maximum Gasteiger partial charge on any atom is 0.323 e. The summed E-state index contributed by atoms with van der Waals surface area (Å²) >= 11 is 0. The summed E-state index contributed by atoms with van der Waals surface area (Å²) in [5, 5.41) is 9.37. The Labute approximate surface area is 246 Å². The van der Waals surface area contributed by atoms with Gasteiger partial charge >= 0.3 is 6.03 Å². The monoisotopic (exact) mass is 572 g/mol. The van der Waals surface area contributed by atoms with Crippen molar-refractivity contribution in [3.05, 3.63) is 48.8 Å². The van der Waals surface area contributed by atoms with Crippen LogP contribution in [0, 0.1) is 0 Å². The van der Waals surface area contributed by atoms with Crippen molar-refractivity contribution in [2.45, 2.75) is 43.9 Å². The number of likely N-dealkylation sites (N-methyl/N-ethyl adjacent to an activating group) is 1. The normalized spacial score (nSPS) is 20.6. The number of aromatic nitrogens is 4. The number of carbonyl (C=O) groups excluding carboxylic acids is 1. The Kier molecular flexibility index (Phi) is 8.73. The molecule has 3 saturated heterocycles. The molecule has 2 aromatic heterocycles. The van der Waals surface area contributed by atoms with Gasteiger partial charge in [-0.3, -0.25) is 4.98 Å². The molecule has 2 unspecified atom stereocenters. The number of nitrogens with one attached hydrogen (secondary N) is 3. The average molecular weight is 573 g/mol. The van der Waals surface area contributed by atoms with E-state index in [0.717, 1.165) is 76.5 Å². The Morgan fingerprint density at radius 3 is 2.12 bits per heavy atom. The highest BCUT2D eigenvalue weighted by Crippen LogP contribution is 2.30. The van der Waals surface area contributed by atoms with E-state index in [9.17, 15) is 4.79 Å². The van der Waals surface area contributed by atoms with Crippen LogP contribution in [0.2, 0.25) is 0 Å². The van der Waals surface area contributed by atoms with Crippen LogP contribution in [0.15, 0.2) is 48.8 Å². The Morgan fingerprint density at radius 1 is 0.857 bits per heavy atom.